The number of carbonyl (C=O) groups excluding carboxylic acids is 1. The molecule has 7 heteroatoms. The minimum atomic E-state index is -0.472. The molecule has 21 heavy (non-hydrogen) atoms. The number of hydroxylamine groups is 2. The molecule has 0 aliphatic carbocycles. The third-order valence-corrected chi connectivity index (χ3v) is 3.64. The van der Waals surface area contributed by atoms with Crippen LogP contribution in [0.1, 0.15) is 33.6 Å². The maximum Gasteiger partial charge on any atom is 0.330 e. The minimum absolute atomic E-state index is 0.190. The fourth-order valence-electron chi connectivity index (χ4n) is 1.91. The van der Waals surface area contributed by atoms with E-state index in [1.54, 1.807) is 17.5 Å². The molecule has 1 aromatic heterocycles. The highest BCUT2D eigenvalue weighted by Crippen LogP contribution is 2.19. The molecule has 0 aromatic carbocycles. The van der Waals surface area contributed by atoms with Crippen LogP contribution >= 0.6 is 15.9 Å². The van der Waals surface area contributed by atoms with Crippen molar-refractivity contribution in [2.75, 3.05) is 18.4 Å². The van der Waals surface area contributed by atoms with Crippen molar-refractivity contribution in [3.8, 4) is 0 Å². The van der Waals surface area contributed by atoms with E-state index < -0.39 is 5.41 Å². The molecular weight excluding hydrogens is 336 g/mol. The predicted molar refractivity (Wildman–Crippen MR) is 83.5 cm³/mol. The van der Waals surface area contributed by atoms with Gasteiger partial charge in [0, 0.05) is 31.5 Å². The zero-order chi connectivity index (χ0) is 15.5. The molecule has 2 rings (SSSR count). The molecule has 0 atom stereocenters. The lowest BCUT2D eigenvalue weighted by molar-refractivity contribution is -0.204. The van der Waals surface area contributed by atoms with Gasteiger partial charge in [0.1, 0.15) is 0 Å². The van der Waals surface area contributed by atoms with E-state index in [0.29, 0.717) is 12.0 Å². The molecule has 1 saturated heterocycles. The second-order valence-corrected chi connectivity index (χ2v) is 7.12. The summed E-state index contributed by atoms with van der Waals surface area (Å²) in [4.78, 5) is 25.6. The van der Waals surface area contributed by atoms with Gasteiger partial charge >= 0.3 is 5.97 Å². The Morgan fingerprint density at radius 2 is 1.90 bits per heavy atom. The normalized spacial score (nSPS) is 17.5. The molecule has 0 amide bonds. The molecule has 1 aliphatic heterocycles. The minimum Gasteiger partial charge on any atom is -0.367 e. The van der Waals surface area contributed by atoms with Gasteiger partial charge in [0.05, 0.1) is 9.89 Å². The first-order chi connectivity index (χ1) is 9.84. The number of anilines is 1. The van der Waals surface area contributed by atoms with Gasteiger partial charge in [-0.05, 0) is 49.5 Å². The van der Waals surface area contributed by atoms with E-state index >= 15 is 0 Å². The van der Waals surface area contributed by atoms with Gasteiger partial charge in [0.25, 0.3) is 0 Å². The number of hydrogen-bond acceptors (Lipinski definition) is 6. The third-order valence-electron chi connectivity index (χ3n) is 3.23. The molecular formula is C14H21BrN4O2. The summed E-state index contributed by atoms with van der Waals surface area (Å²) in [6.45, 7) is 7.00. The Kier molecular flexibility index (Phi) is 5.16. The van der Waals surface area contributed by atoms with Gasteiger partial charge in [-0.2, -0.15) is 0 Å². The van der Waals surface area contributed by atoms with E-state index in [1.807, 2.05) is 20.8 Å². The Hall–Kier alpha value is -1.21. The van der Waals surface area contributed by atoms with Gasteiger partial charge in [0.2, 0.25) is 5.95 Å². The van der Waals surface area contributed by atoms with Gasteiger partial charge in [-0.1, -0.05) is 0 Å². The van der Waals surface area contributed by atoms with E-state index in [2.05, 4.69) is 31.2 Å². The molecule has 1 aromatic rings. The van der Waals surface area contributed by atoms with E-state index in [0.717, 1.165) is 30.4 Å². The van der Waals surface area contributed by atoms with Gasteiger partial charge in [-0.15, -0.1) is 5.06 Å². The molecule has 1 N–H and O–H groups in total. The molecule has 0 spiro atoms. The van der Waals surface area contributed by atoms with E-state index in [-0.39, 0.29) is 5.97 Å². The molecule has 116 valence electrons. The van der Waals surface area contributed by atoms with Crippen LogP contribution < -0.4 is 5.32 Å². The van der Waals surface area contributed by atoms with Gasteiger partial charge in [-0.3, -0.25) is 0 Å². The van der Waals surface area contributed by atoms with Crippen LogP contribution in [0.3, 0.4) is 0 Å². The third kappa shape index (κ3) is 4.93. The molecule has 0 radical (unpaired) electrons. The van der Waals surface area contributed by atoms with Crippen LogP contribution in [0, 0.1) is 5.41 Å². The number of aromatic nitrogens is 2. The van der Waals surface area contributed by atoms with Gasteiger partial charge in [0.15, 0.2) is 0 Å². The second-order valence-electron chi connectivity index (χ2n) is 6.20. The fourth-order valence-corrected chi connectivity index (χ4v) is 2.12. The lowest BCUT2D eigenvalue weighted by Crippen LogP contribution is -2.42. The lowest BCUT2D eigenvalue weighted by Gasteiger charge is -2.32. The quantitative estimate of drug-likeness (QED) is 0.897. The first kappa shape index (κ1) is 16.2. The van der Waals surface area contributed by atoms with E-state index in [1.165, 1.54) is 0 Å². The molecule has 0 bridgehead atoms. The summed E-state index contributed by atoms with van der Waals surface area (Å²) in [7, 11) is 0. The Bertz CT molecular complexity index is 479. The summed E-state index contributed by atoms with van der Waals surface area (Å²) in [5.41, 5.74) is -0.472. The van der Waals surface area contributed by atoms with Crippen LogP contribution in [0.15, 0.2) is 16.9 Å². The number of rotatable bonds is 3. The van der Waals surface area contributed by atoms with Crippen LogP contribution in [0.2, 0.25) is 0 Å². The average Bonchev–Trinajstić information content (AvgIpc) is 2.42. The second kappa shape index (κ2) is 6.70. The molecule has 6 nitrogen and oxygen atoms in total. The maximum absolute atomic E-state index is 11.8. The van der Waals surface area contributed by atoms with Crippen LogP contribution in [0.5, 0.6) is 0 Å². The number of piperidine rings is 1. The average molecular weight is 357 g/mol. The number of hydrogen-bond donors (Lipinski definition) is 1. The number of halogens is 1. The summed E-state index contributed by atoms with van der Waals surface area (Å²) in [5.74, 6) is 0.438. The van der Waals surface area contributed by atoms with E-state index in [4.69, 9.17) is 4.84 Å². The Morgan fingerprint density at radius 1 is 1.33 bits per heavy atom. The van der Waals surface area contributed by atoms with Crippen molar-refractivity contribution in [2.24, 2.45) is 5.41 Å². The summed E-state index contributed by atoms with van der Waals surface area (Å²) in [6, 6.07) is 0.302. The standard InChI is InChI=1S/C14H21BrN4O2/c1-14(2,3)12(20)21-19-6-4-11(5-7-19)18-13-16-8-10(15)9-17-13/h8-9,11H,4-7H2,1-3H3,(H,16,17,18). The van der Waals surface area contributed by atoms with Gasteiger partial charge in [-0.25, -0.2) is 14.8 Å². The maximum atomic E-state index is 11.8. The van der Waals surface area contributed by atoms with Crippen molar-refractivity contribution < 1.29 is 9.63 Å². The van der Waals surface area contributed by atoms with Crippen molar-refractivity contribution in [3.63, 3.8) is 0 Å². The van der Waals surface area contributed by atoms with Crippen molar-refractivity contribution in [3.05, 3.63) is 16.9 Å². The predicted octanol–water partition coefficient (Wildman–Crippen LogP) is 2.62. The largest absolute Gasteiger partial charge is 0.367 e. The van der Waals surface area contributed by atoms with Crippen LogP contribution in [-0.2, 0) is 9.63 Å². The first-order valence-electron chi connectivity index (χ1n) is 7.06. The molecule has 0 saturated carbocycles. The monoisotopic (exact) mass is 356 g/mol. The zero-order valence-corrected chi connectivity index (χ0v) is 14.2. The molecule has 1 aliphatic rings. The van der Waals surface area contributed by atoms with Gasteiger partial charge < -0.3 is 10.2 Å². The highest BCUT2D eigenvalue weighted by atomic mass is 79.9. The molecule has 0 unspecified atom stereocenters. The summed E-state index contributed by atoms with van der Waals surface area (Å²) in [6.07, 6.45) is 5.21. The van der Waals surface area contributed by atoms with Crippen LogP contribution in [0.4, 0.5) is 5.95 Å². The number of carbonyl (C=O) groups is 1. The van der Waals surface area contributed by atoms with Crippen molar-refractivity contribution in [1.82, 2.24) is 15.0 Å². The Morgan fingerprint density at radius 3 is 2.43 bits per heavy atom. The lowest BCUT2D eigenvalue weighted by atomic mass is 9.98. The molecule has 2 heterocycles. The molecule has 1 fully saturated rings. The summed E-state index contributed by atoms with van der Waals surface area (Å²) in [5, 5.41) is 5.05. The fraction of sp³-hybridized carbons (Fsp3) is 0.643. The topological polar surface area (TPSA) is 67.3 Å². The zero-order valence-electron chi connectivity index (χ0n) is 12.6. The van der Waals surface area contributed by atoms with Crippen LogP contribution in [0.25, 0.3) is 0 Å². The Labute approximate surface area is 133 Å². The Balaban J connectivity index is 1.78. The van der Waals surface area contributed by atoms with Crippen molar-refractivity contribution >= 4 is 27.8 Å². The number of nitrogens with one attached hydrogen (secondary N) is 1. The first-order valence-corrected chi connectivity index (χ1v) is 7.85. The SMILES string of the molecule is CC(C)(C)C(=O)ON1CCC(Nc2ncc(Br)cn2)CC1. The smallest absolute Gasteiger partial charge is 0.330 e. The summed E-state index contributed by atoms with van der Waals surface area (Å²) < 4.78 is 0.858. The highest BCUT2D eigenvalue weighted by molar-refractivity contribution is 9.10. The van der Waals surface area contributed by atoms with Crippen molar-refractivity contribution in [1.29, 1.82) is 0 Å². The van der Waals surface area contributed by atoms with E-state index in [9.17, 15) is 4.79 Å². The highest BCUT2D eigenvalue weighted by Gasteiger charge is 2.28. The van der Waals surface area contributed by atoms with Crippen molar-refractivity contribution in [2.45, 2.75) is 39.7 Å². The summed E-state index contributed by atoms with van der Waals surface area (Å²) >= 11 is 3.31. The van der Waals surface area contributed by atoms with Crippen LogP contribution in [-0.4, -0.2) is 40.1 Å². The number of nitrogens with zero attached hydrogens (tertiary/aromatic N) is 3.